The molecule has 0 aromatic heterocycles. The molecular weight excluding hydrogens is 320 g/mol. The number of carbonyl (C=O) groups is 2. The van der Waals surface area contributed by atoms with E-state index in [2.05, 4.69) is 5.32 Å². The summed E-state index contributed by atoms with van der Waals surface area (Å²) < 4.78 is 11.4. The highest BCUT2D eigenvalue weighted by Gasteiger charge is 2.39. The second-order valence-corrected chi connectivity index (χ2v) is 6.98. The van der Waals surface area contributed by atoms with Gasteiger partial charge in [-0.1, -0.05) is 25.0 Å². The number of carbonyl (C=O) groups excluding carboxylic acids is 2. The quantitative estimate of drug-likeness (QED) is 0.790. The van der Waals surface area contributed by atoms with Gasteiger partial charge >= 0.3 is 0 Å². The zero-order valence-electron chi connectivity index (χ0n) is 14.5. The van der Waals surface area contributed by atoms with Gasteiger partial charge in [0.15, 0.2) is 0 Å². The Balaban J connectivity index is 1.62. The molecule has 1 saturated heterocycles. The first kappa shape index (κ1) is 17.7. The Hall–Kier alpha value is -2.08. The maximum absolute atomic E-state index is 12.6. The average molecular weight is 346 g/mol. The van der Waals surface area contributed by atoms with Gasteiger partial charge < -0.3 is 20.5 Å². The number of ether oxygens (including phenoxy) is 2. The zero-order valence-corrected chi connectivity index (χ0v) is 14.5. The van der Waals surface area contributed by atoms with Crippen LogP contribution < -0.4 is 15.8 Å². The van der Waals surface area contributed by atoms with Crippen LogP contribution in [-0.4, -0.2) is 37.7 Å². The Labute approximate surface area is 148 Å². The van der Waals surface area contributed by atoms with Crippen molar-refractivity contribution < 1.29 is 19.1 Å². The number of rotatable bonds is 7. The van der Waals surface area contributed by atoms with Crippen LogP contribution in [0.25, 0.3) is 0 Å². The van der Waals surface area contributed by atoms with E-state index >= 15 is 0 Å². The summed E-state index contributed by atoms with van der Waals surface area (Å²) in [5.74, 6) is -0.0290. The van der Waals surface area contributed by atoms with Crippen molar-refractivity contribution in [2.75, 3.05) is 19.8 Å². The Bertz CT molecular complexity index is 620. The van der Waals surface area contributed by atoms with Gasteiger partial charge in [-0.25, -0.2) is 0 Å². The number of benzene rings is 1. The molecule has 2 fully saturated rings. The van der Waals surface area contributed by atoms with E-state index in [1.165, 1.54) is 0 Å². The Morgan fingerprint density at radius 3 is 2.68 bits per heavy atom. The summed E-state index contributed by atoms with van der Waals surface area (Å²) in [6, 6.07) is 7.14. The van der Waals surface area contributed by atoms with Crippen molar-refractivity contribution >= 4 is 11.8 Å². The van der Waals surface area contributed by atoms with Crippen LogP contribution in [0, 0.1) is 5.41 Å². The third kappa shape index (κ3) is 4.12. The van der Waals surface area contributed by atoms with Gasteiger partial charge in [0.1, 0.15) is 12.4 Å². The lowest BCUT2D eigenvalue weighted by molar-refractivity contribution is -0.127. The molecular formula is C19H26N2O4. The van der Waals surface area contributed by atoms with Gasteiger partial charge in [0.25, 0.3) is 5.91 Å². The largest absolute Gasteiger partial charge is 0.490 e. The highest BCUT2D eigenvalue weighted by atomic mass is 16.5. The van der Waals surface area contributed by atoms with Gasteiger partial charge in [0, 0.05) is 13.2 Å². The maximum atomic E-state index is 12.6. The first-order chi connectivity index (χ1) is 12.1. The van der Waals surface area contributed by atoms with Crippen LogP contribution in [0.15, 0.2) is 24.3 Å². The first-order valence-corrected chi connectivity index (χ1v) is 9.02. The third-order valence-electron chi connectivity index (χ3n) is 5.25. The molecule has 1 heterocycles. The SMILES string of the molecule is NC(=O)C1(CNC(=O)c2ccccc2OC[C@@H]2CCCO2)CCCC1. The molecule has 1 aliphatic carbocycles. The van der Waals surface area contributed by atoms with Gasteiger partial charge in [-0.3, -0.25) is 9.59 Å². The minimum atomic E-state index is -0.608. The van der Waals surface area contributed by atoms with Crippen molar-refractivity contribution in [3.05, 3.63) is 29.8 Å². The van der Waals surface area contributed by atoms with Crippen LogP contribution in [0.5, 0.6) is 5.75 Å². The van der Waals surface area contributed by atoms with Crippen LogP contribution in [0.1, 0.15) is 48.9 Å². The number of hydrogen-bond donors (Lipinski definition) is 2. The summed E-state index contributed by atoms with van der Waals surface area (Å²) in [6.45, 7) is 1.49. The molecule has 0 spiro atoms. The van der Waals surface area contributed by atoms with E-state index in [-0.39, 0.29) is 24.5 Å². The Morgan fingerprint density at radius 2 is 2.00 bits per heavy atom. The van der Waals surface area contributed by atoms with E-state index in [9.17, 15) is 9.59 Å². The van der Waals surface area contributed by atoms with Crippen molar-refractivity contribution in [2.45, 2.75) is 44.6 Å². The topological polar surface area (TPSA) is 90.7 Å². The normalized spacial score (nSPS) is 21.8. The predicted octanol–water partition coefficient (Wildman–Crippen LogP) is 2.02. The molecule has 136 valence electrons. The van der Waals surface area contributed by atoms with Gasteiger partial charge in [-0.2, -0.15) is 0 Å². The van der Waals surface area contributed by atoms with Crippen molar-refractivity contribution in [3.8, 4) is 5.75 Å². The average Bonchev–Trinajstić information content (AvgIpc) is 3.30. The number of amides is 2. The summed E-state index contributed by atoms with van der Waals surface area (Å²) in [5.41, 5.74) is 5.44. The number of nitrogens with one attached hydrogen (secondary N) is 1. The molecule has 3 rings (SSSR count). The summed E-state index contributed by atoms with van der Waals surface area (Å²) in [4.78, 5) is 24.4. The number of hydrogen-bond acceptors (Lipinski definition) is 4. The monoisotopic (exact) mass is 346 g/mol. The van der Waals surface area contributed by atoms with Crippen LogP contribution in [-0.2, 0) is 9.53 Å². The highest BCUT2D eigenvalue weighted by molar-refractivity contribution is 5.97. The maximum Gasteiger partial charge on any atom is 0.255 e. The highest BCUT2D eigenvalue weighted by Crippen LogP contribution is 2.37. The fourth-order valence-corrected chi connectivity index (χ4v) is 3.65. The molecule has 0 bridgehead atoms. The van der Waals surface area contributed by atoms with Crippen molar-refractivity contribution in [1.29, 1.82) is 0 Å². The molecule has 25 heavy (non-hydrogen) atoms. The number of nitrogens with two attached hydrogens (primary N) is 1. The molecule has 1 aromatic rings. The zero-order chi connectivity index (χ0) is 17.7. The number of primary amides is 1. The van der Waals surface area contributed by atoms with Gasteiger partial charge in [-0.15, -0.1) is 0 Å². The molecule has 2 amide bonds. The summed E-state index contributed by atoms with van der Waals surface area (Å²) >= 11 is 0. The standard InChI is InChI=1S/C19H26N2O4/c20-18(23)19(9-3-4-10-19)13-21-17(22)15-7-1-2-8-16(15)25-12-14-6-5-11-24-14/h1-2,7-8,14H,3-6,9-13H2,(H2,20,23)(H,21,22)/t14-/m0/s1. The second kappa shape index (κ2) is 7.87. The van der Waals surface area contributed by atoms with E-state index in [1.807, 2.05) is 6.07 Å². The van der Waals surface area contributed by atoms with E-state index in [1.54, 1.807) is 18.2 Å². The van der Waals surface area contributed by atoms with Crippen molar-refractivity contribution in [2.24, 2.45) is 11.1 Å². The van der Waals surface area contributed by atoms with E-state index in [4.69, 9.17) is 15.2 Å². The molecule has 6 heteroatoms. The summed E-state index contributed by atoms with van der Waals surface area (Å²) in [6.07, 6.45) is 5.54. The molecule has 2 aliphatic rings. The van der Waals surface area contributed by atoms with Crippen LogP contribution >= 0.6 is 0 Å². The minimum absolute atomic E-state index is 0.0905. The van der Waals surface area contributed by atoms with Crippen LogP contribution in [0.3, 0.4) is 0 Å². The first-order valence-electron chi connectivity index (χ1n) is 9.02. The molecule has 1 aromatic carbocycles. The summed E-state index contributed by atoms with van der Waals surface area (Å²) in [5, 5.41) is 2.88. The van der Waals surface area contributed by atoms with Gasteiger partial charge in [-0.05, 0) is 37.8 Å². The Kier molecular flexibility index (Phi) is 5.58. The molecule has 1 saturated carbocycles. The lowest BCUT2D eigenvalue weighted by Gasteiger charge is -2.25. The molecule has 1 aliphatic heterocycles. The fraction of sp³-hybridized carbons (Fsp3) is 0.579. The minimum Gasteiger partial charge on any atom is -0.490 e. The predicted molar refractivity (Wildman–Crippen MR) is 93.3 cm³/mol. The molecule has 6 nitrogen and oxygen atoms in total. The third-order valence-corrected chi connectivity index (χ3v) is 5.25. The van der Waals surface area contributed by atoms with Crippen LogP contribution in [0.2, 0.25) is 0 Å². The lowest BCUT2D eigenvalue weighted by atomic mass is 9.85. The second-order valence-electron chi connectivity index (χ2n) is 6.98. The van der Waals surface area contributed by atoms with E-state index < -0.39 is 5.41 Å². The lowest BCUT2D eigenvalue weighted by Crippen LogP contribution is -2.44. The fourth-order valence-electron chi connectivity index (χ4n) is 3.65. The Morgan fingerprint density at radius 1 is 1.24 bits per heavy atom. The van der Waals surface area contributed by atoms with E-state index in [0.29, 0.717) is 17.9 Å². The van der Waals surface area contributed by atoms with Gasteiger partial charge in [0.05, 0.1) is 17.1 Å². The van der Waals surface area contributed by atoms with Gasteiger partial charge in [0.2, 0.25) is 5.91 Å². The van der Waals surface area contributed by atoms with E-state index in [0.717, 1.165) is 45.1 Å². The molecule has 0 radical (unpaired) electrons. The number of para-hydroxylation sites is 1. The smallest absolute Gasteiger partial charge is 0.255 e. The summed E-state index contributed by atoms with van der Waals surface area (Å²) in [7, 11) is 0. The van der Waals surface area contributed by atoms with Crippen molar-refractivity contribution in [1.82, 2.24) is 5.32 Å². The molecule has 3 N–H and O–H groups in total. The van der Waals surface area contributed by atoms with Crippen LogP contribution in [0.4, 0.5) is 0 Å². The molecule has 0 unspecified atom stereocenters. The van der Waals surface area contributed by atoms with Crippen molar-refractivity contribution in [3.63, 3.8) is 0 Å². The molecule has 1 atom stereocenters.